The number of benzene rings is 3. The van der Waals surface area contributed by atoms with Gasteiger partial charge in [-0.25, -0.2) is 4.99 Å². The van der Waals surface area contributed by atoms with Gasteiger partial charge in [-0.1, -0.05) is 66.7 Å². The topological polar surface area (TPSA) is 78.1 Å². The highest BCUT2D eigenvalue weighted by Crippen LogP contribution is 2.23. The number of aromatic nitrogens is 2. The highest BCUT2D eigenvalue weighted by atomic mass is 16.1. The van der Waals surface area contributed by atoms with Gasteiger partial charge in [0.1, 0.15) is 0 Å². The molecule has 2 N–H and O–H groups in total. The Labute approximate surface area is 148 Å². The molecule has 0 radical (unpaired) electrons. The zero-order valence-corrected chi connectivity index (χ0v) is 13.8. The van der Waals surface area contributed by atoms with Crippen LogP contribution in [0.3, 0.4) is 0 Å². The zero-order chi connectivity index (χ0) is 17.9. The lowest BCUT2D eigenvalue weighted by atomic mass is 10.0. The van der Waals surface area contributed by atoms with E-state index >= 15 is 0 Å². The van der Waals surface area contributed by atoms with E-state index in [2.05, 4.69) is 10.2 Å². The summed E-state index contributed by atoms with van der Waals surface area (Å²) in [6.45, 7) is 0. The number of H-pyrrole nitrogens is 2. The zero-order valence-electron chi connectivity index (χ0n) is 13.8. The van der Waals surface area contributed by atoms with Crippen molar-refractivity contribution >= 4 is 22.2 Å². The van der Waals surface area contributed by atoms with E-state index < -0.39 is 0 Å². The van der Waals surface area contributed by atoms with Crippen LogP contribution in [0.5, 0.6) is 0 Å². The Morgan fingerprint density at radius 3 is 1.85 bits per heavy atom. The molecule has 0 saturated heterocycles. The number of fused-ring (bicyclic) bond motifs is 1. The maximum atomic E-state index is 12.3. The highest BCUT2D eigenvalue weighted by Gasteiger charge is 2.11. The molecule has 1 aromatic heterocycles. The fourth-order valence-corrected chi connectivity index (χ4v) is 2.91. The first-order chi connectivity index (χ1) is 12.7. The van der Waals surface area contributed by atoms with Crippen LogP contribution in [0.1, 0.15) is 11.1 Å². The minimum Gasteiger partial charge on any atom is -0.267 e. The van der Waals surface area contributed by atoms with Gasteiger partial charge in [0.05, 0.1) is 22.2 Å². The largest absolute Gasteiger partial charge is 0.272 e. The first-order valence-corrected chi connectivity index (χ1v) is 8.17. The van der Waals surface area contributed by atoms with Gasteiger partial charge >= 0.3 is 0 Å². The summed E-state index contributed by atoms with van der Waals surface area (Å²) in [5.41, 5.74) is 2.32. The van der Waals surface area contributed by atoms with Gasteiger partial charge in [-0.2, -0.15) is 0 Å². The van der Waals surface area contributed by atoms with E-state index in [0.717, 1.165) is 16.8 Å². The van der Waals surface area contributed by atoms with E-state index in [1.807, 2.05) is 60.7 Å². The molecule has 126 valence electrons. The molecule has 5 heteroatoms. The standard InChI is InChI=1S/C21H15N3O2/c25-20-16-12-7-13-17(18(16)21(26)24-23-20)22-19(14-8-3-1-4-9-14)15-10-5-2-6-11-15/h1-13H,(H,23,25)(H,24,26). The van der Waals surface area contributed by atoms with Crippen molar-refractivity contribution < 1.29 is 0 Å². The number of hydrogen-bond acceptors (Lipinski definition) is 3. The fourth-order valence-electron chi connectivity index (χ4n) is 2.91. The second-order valence-electron chi connectivity index (χ2n) is 5.80. The summed E-state index contributed by atoms with van der Waals surface area (Å²) in [6, 6.07) is 24.6. The molecule has 0 saturated carbocycles. The van der Waals surface area contributed by atoms with Crippen molar-refractivity contribution in [3.8, 4) is 0 Å². The van der Waals surface area contributed by atoms with Crippen molar-refractivity contribution in [1.82, 2.24) is 10.2 Å². The second-order valence-corrected chi connectivity index (χ2v) is 5.80. The molecule has 0 aliphatic rings. The van der Waals surface area contributed by atoms with Gasteiger partial charge in [-0.3, -0.25) is 19.8 Å². The Morgan fingerprint density at radius 1 is 0.654 bits per heavy atom. The Kier molecular flexibility index (Phi) is 4.03. The summed E-state index contributed by atoms with van der Waals surface area (Å²) in [5, 5.41) is 5.31. The number of hydrogen-bond donors (Lipinski definition) is 2. The van der Waals surface area contributed by atoms with Crippen molar-refractivity contribution in [2.75, 3.05) is 0 Å². The summed E-state index contributed by atoms with van der Waals surface area (Å²) in [7, 11) is 0. The van der Waals surface area contributed by atoms with Gasteiger partial charge in [-0.15, -0.1) is 0 Å². The van der Waals surface area contributed by atoms with E-state index in [0.29, 0.717) is 11.1 Å². The van der Waals surface area contributed by atoms with Crippen LogP contribution in [-0.2, 0) is 0 Å². The lowest BCUT2D eigenvalue weighted by molar-refractivity contribution is 0.976. The number of aliphatic imine (C=N–C) groups is 1. The number of nitrogens with zero attached hydrogens (tertiary/aromatic N) is 1. The van der Waals surface area contributed by atoms with Crippen molar-refractivity contribution in [2.24, 2.45) is 4.99 Å². The van der Waals surface area contributed by atoms with E-state index in [1.54, 1.807) is 18.2 Å². The van der Waals surface area contributed by atoms with E-state index in [-0.39, 0.29) is 16.5 Å². The van der Waals surface area contributed by atoms with Gasteiger partial charge in [-0.05, 0) is 12.1 Å². The average molecular weight is 341 g/mol. The second kappa shape index (κ2) is 6.64. The maximum absolute atomic E-state index is 12.3. The molecule has 0 fully saturated rings. The van der Waals surface area contributed by atoms with Crippen LogP contribution in [-0.4, -0.2) is 15.9 Å². The molecule has 0 aliphatic carbocycles. The average Bonchev–Trinajstić information content (AvgIpc) is 2.70. The van der Waals surface area contributed by atoms with Crippen LogP contribution in [0.4, 0.5) is 5.69 Å². The fraction of sp³-hybridized carbons (Fsp3) is 0. The SMILES string of the molecule is O=c1[nH][nH]c(=O)c2c(N=C(c3ccccc3)c3ccccc3)cccc12. The van der Waals surface area contributed by atoms with Gasteiger partial charge < -0.3 is 0 Å². The van der Waals surface area contributed by atoms with Gasteiger partial charge in [0, 0.05) is 11.1 Å². The van der Waals surface area contributed by atoms with Crippen LogP contribution in [0.15, 0.2) is 93.4 Å². The van der Waals surface area contributed by atoms with Crippen LogP contribution < -0.4 is 11.1 Å². The Hall–Kier alpha value is -3.73. The van der Waals surface area contributed by atoms with Crippen molar-refractivity contribution in [1.29, 1.82) is 0 Å². The van der Waals surface area contributed by atoms with Crippen molar-refractivity contribution in [3.63, 3.8) is 0 Å². The first-order valence-electron chi connectivity index (χ1n) is 8.17. The molecule has 26 heavy (non-hydrogen) atoms. The monoisotopic (exact) mass is 341 g/mol. The van der Waals surface area contributed by atoms with E-state index in [1.165, 1.54) is 0 Å². The van der Waals surface area contributed by atoms with Crippen molar-refractivity contribution in [2.45, 2.75) is 0 Å². The molecule has 0 unspecified atom stereocenters. The highest BCUT2D eigenvalue weighted by molar-refractivity contribution is 6.14. The minimum atomic E-state index is -0.376. The minimum absolute atomic E-state index is 0.278. The predicted octanol–water partition coefficient (Wildman–Crippen LogP) is 3.39. The first kappa shape index (κ1) is 15.8. The molecule has 5 nitrogen and oxygen atoms in total. The lowest BCUT2D eigenvalue weighted by Gasteiger charge is -2.08. The molecule has 0 aliphatic heterocycles. The Morgan fingerprint density at radius 2 is 1.23 bits per heavy atom. The quantitative estimate of drug-likeness (QED) is 0.560. The number of aromatic amines is 2. The number of rotatable bonds is 3. The normalized spacial score (nSPS) is 10.6. The lowest BCUT2D eigenvalue weighted by Crippen LogP contribution is -2.19. The molecule has 0 atom stereocenters. The van der Waals surface area contributed by atoms with E-state index in [4.69, 9.17) is 4.99 Å². The molecule has 0 bridgehead atoms. The molecule has 4 rings (SSSR count). The molecular formula is C21H15N3O2. The van der Waals surface area contributed by atoms with Gasteiger partial charge in [0.2, 0.25) is 0 Å². The molecule has 1 heterocycles. The molecular weight excluding hydrogens is 326 g/mol. The summed E-state index contributed by atoms with van der Waals surface area (Å²) < 4.78 is 0. The summed E-state index contributed by atoms with van der Waals surface area (Å²) >= 11 is 0. The van der Waals surface area contributed by atoms with Gasteiger partial charge in [0.15, 0.2) is 0 Å². The predicted molar refractivity (Wildman–Crippen MR) is 103 cm³/mol. The third-order valence-corrected chi connectivity index (χ3v) is 4.13. The Bertz CT molecular complexity index is 1170. The maximum Gasteiger partial charge on any atom is 0.272 e. The van der Waals surface area contributed by atoms with Gasteiger partial charge in [0.25, 0.3) is 11.1 Å². The Balaban J connectivity index is 2.03. The van der Waals surface area contributed by atoms with Crippen LogP contribution in [0.25, 0.3) is 10.8 Å². The summed E-state index contributed by atoms with van der Waals surface area (Å²) in [6.07, 6.45) is 0. The molecule has 0 amide bonds. The third kappa shape index (κ3) is 2.86. The smallest absolute Gasteiger partial charge is 0.267 e. The third-order valence-electron chi connectivity index (χ3n) is 4.13. The molecule has 3 aromatic carbocycles. The van der Waals surface area contributed by atoms with Crippen LogP contribution in [0.2, 0.25) is 0 Å². The van der Waals surface area contributed by atoms with Crippen LogP contribution >= 0.6 is 0 Å². The molecule has 4 aromatic rings. The summed E-state index contributed by atoms with van der Waals surface area (Å²) in [5.74, 6) is 0. The summed E-state index contributed by atoms with van der Waals surface area (Å²) in [4.78, 5) is 29.1. The van der Waals surface area contributed by atoms with Crippen LogP contribution in [0, 0.1) is 0 Å². The molecule has 0 spiro atoms. The number of nitrogens with one attached hydrogen (secondary N) is 2. The van der Waals surface area contributed by atoms with E-state index in [9.17, 15) is 9.59 Å². The van der Waals surface area contributed by atoms with Crippen molar-refractivity contribution in [3.05, 3.63) is 111 Å².